The van der Waals surface area contributed by atoms with Gasteiger partial charge in [-0.2, -0.15) is 0 Å². The Labute approximate surface area is 100 Å². The number of hydrogen-bond acceptors (Lipinski definition) is 6. The maximum Gasteiger partial charge on any atom is 0.147 e. The SMILES string of the molecule is CCCc1nnsc1C(N)CCS(C)(=O)=O. The van der Waals surface area contributed by atoms with E-state index in [1.54, 1.807) is 0 Å². The topological polar surface area (TPSA) is 85.9 Å². The predicted octanol–water partition coefficient (Wildman–Crippen LogP) is 0.925. The Hall–Kier alpha value is -0.530. The summed E-state index contributed by atoms with van der Waals surface area (Å²) >= 11 is 1.27. The molecule has 2 N–H and O–H groups in total. The molecule has 1 aromatic rings. The lowest BCUT2D eigenvalue weighted by atomic mass is 10.1. The van der Waals surface area contributed by atoms with Gasteiger partial charge in [-0.3, -0.25) is 0 Å². The van der Waals surface area contributed by atoms with Gasteiger partial charge >= 0.3 is 0 Å². The lowest BCUT2D eigenvalue weighted by molar-refractivity contribution is 0.592. The van der Waals surface area contributed by atoms with Crippen molar-refractivity contribution >= 4 is 21.4 Å². The molecule has 7 heteroatoms. The van der Waals surface area contributed by atoms with Crippen molar-refractivity contribution in [3.8, 4) is 0 Å². The highest BCUT2D eigenvalue weighted by atomic mass is 32.2. The van der Waals surface area contributed by atoms with E-state index in [2.05, 4.69) is 16.5 Å². The fourth-order valence-corrected chi connectivity index (χ4v) is 2.79. The molecule has 1 rings (SSSR count). The van der Waals surface area contributed by atoms with Crippen molar-refractivity contribution in [1.82, 2.24) is 9.59 Å². The predicted molar refractivity (Wildman–Crippen MR) is 65.2 cm³/mol. The van der Waals surface area contributed by atoms with Crippen molar-refractivity contribution in [1.29, 1.82) is 0 Å². The van der Waals surface area contributed by atoms with Crippen LogP contribution in [0.1, 0.15) is 36.4 Å². The Morgan fingerprint density at radius 1 is 1.50 bits per heavy atom. The van der Waals surface area contributed by atoms with E-state index >= 15 is 0 Å². The van der Waals surface area contributed by atoms with Gasteiger partial charge in [0.15, 0.2) is 0 Å². The fraction of sp³-hybridized carbons (Fsp3) is 0.778. The summed E-state index contributed by atoms with van der Waals surface area (Å²) in [4.78, 5) is 0.922. The Kier molecular flexibility index (Phi) is 4.82. The minimum atomic E-state index is -2.95. The number of nitrogens with zero attached hydrogens (tertiary/aromatic N) is 2. The Balaban J connectivity index is 2.65. The van der Waals surface area contributed by atoms with Gasteiger partial charge in [-0.25, -0.2) is 8.42 Å². The summed E-state index contributed by atoms with van der Waals surface area (Å²) in [7, 11) is -2.95. The van der Waals surface area contributed by atoms with Gasteiger partial charge in [-0.15, -0.1) is 5.10 Å². The smallest absolute Gasteiger partial charge is 0.147 e. The number of hydrogen-bond donors (Lipinski definition) is 1. The molecular weight excluding hydrogens is 246 g/mol. The molecular formula is C9H17N3O2S2. The first-order valence-electron chi connectivity index (χ1n) is 5.18. The molecule has 0 spiro atoms. The summed E-state index contributed by atoms with van der Waals surface area (Å²) in [6.45, 7) is 2.06. The average Bonchev–Trinajstić information content (AvgIpc) is 2.62. The standard InChI is InChI=1S/C9H17N3O2S2/c1-3-4-8-9(15-12-11-8)7(10)5-6-16(2,13)14/h7H,3-6,10H2,1-2H3. The molecule has 0 aromatic carbocycles. The van der Waals surface area contributed by atoms with Crippen LogP contribution in [0.5, 0.6) is 0 Å². The van der Waals surface area contributed by atoms with Gasteiger partial charge in [0, 0.05) is 12.3 Å². The van der Waals surface area contributed by atoms with Gasteiger partial charge in [-0.05, 0) is 24.4 Å². The van der Waals surface area contributed by atoms with Gasteiger partial charge in [0.1, 0.15) is 9.84 Å². The molecule has 1 aromatic heterocycles. The number of sulfone groups is 1. The minimum Gasteiger partial charge on any atom is -0.323 e. The summed E-state index contributed by atoms with van der Waals surface area (Å²) in [5.41, 5.74) is 6.85. The number of rotatable bonds is 6. The van der Waals surface area contributed by atoms with Crippen molar-refractivity contribution < 1.29 is 8.42 Å². The van der Waals surface area contributed by atoms with E-state index in [0.29, 0.717) is 6.42 Å². The highest BCUT2D eigenvalue weighted by molar-refractivity contribution is 7.90. The highest BCUT2D eigenvalue weighted by Crippen LogP contribution is 2.22. The third-order valence-corrected chi connectivity index (χ3v) is 4.08. The molecule has 0 fully saturated rings. The molecule has 1 unspecified atom stereocenters. The zero-order valence-corrected chi connectivity index (χ0v) is 11.1. The Morgan fingerprint density at radius 3 is 2.75 bits per heavy atom. The summed E-state index contributed by atoms with van der Waals surface area (Å²) in [6, 6.07) is -0.267. The number of aromatic nitrogens is 2. The normalized spacial score (nSPS) is 13.9. The summed E-state index contributed by atoms with van der Waals surface area (Å²) in [5.74, 6) is 0.109. The van der Waals surface area contributed by atoms with E-state index in [1.165, 1.54) is 17.8 Å². The maximum atomic E-state index is 11.0. The van der Waals surface area contributed by atoms with Crippen molar-refractivity contribution in [2.45, 2.75) is 32.2 Å². The van der Waals surface area contributed by atoms with E-state index in [-0.39, 0.29) is 11.8 Å². The Bertz CT molecular complexity index is 428. The minimum absolute atomic E-state index is 0.109. The van der Waals surface area contributed by atoms with Crippen LogP contribution in [0.3, 0.4) is 0 Å². The molecule has 16 heavy (non-hydrogen) atoms. The second kappa shape index (κ2) is 5.70. The van der Waals surface area contributed by atoms with E-state index in [0.717, 1.165) is 23.4 Å². The molecule has 0 saturated heterocycles. The molecule has 0 saturated carbocycles. The van der Waals surface area contributed by atoms with Gasteiger partial charge in [0.25, 0.3) is 0 Å². The van der Waals surface area contributed by atoms with Gasteiger partial charge in [0.05, 0.1) is 16.3 Å². The molecule has 0 radical (unpaired) electrons. The lowest BCUT2D eigenvalue weighted by Crippen LogP contribution is -2.16. The van der Waals surface area contributed by atoms with Gasteiger partial charge in [0.2, 0.25) is 0 Å². The van der Waals surface area contributed by atoms with Gasteiger partial charge in [-0.1, -0.05) is 17.8 Å². The second-order valence-corrected chi connectivity index (χ2v) is 6.90. The maximum absolute atomic E-state index is 11.0. The van der Waals surface area contributed by atoms with Crippen molar-refractivity contribution in [2.75, 3.05) is 12.0 Å². The van der Waals surface area contributed by atoms with Crippen molar-refractivity contribution in [3.63, 3.8) is 0 Å². The van der Waals surface area contributed by atoms with E-state index in [9.17, 15) is 8.42 Å². The largest absolute Gasteiger partial charge is 0.323 e. The van der Waals surface area contributed by atoms with Crippen LogP contribution < -0.4 is 5.73 Å². The third kappa shape index (κ3) is 4.15. The van der Waals surface area contributed by atoms with Crippen LogP contribution in [-0.2, 0) is 16.3 Å². The zero-order valence-electron chi connectivity index (χ0n) is 9.51. The molecule has 1 atom stereocenters. The van der Waals surface area contributed by atoms with E-state index < -0.39 is 9.84 Å². The van der Waals surface area contributed by atoms with Crippen LogP contribution in [0, 0.1) is 0 Å². The molecule has 0 aliphatic heterocycles. The van der Waals surface area contributed by atoms with Crippen LogP contribution in [0.25, 0.3) is 0 Å². The third-order valence-electron chi connectivity index (χ3n) is 2.21. The quantitative estimate of drug-likeness (QED) is 0.825. The van der Waals surface area contributed by atoms with E-state index in [4.69, 9.17) is 5.73 Å². The molecule has 1 heterocycles. The molecule has 0 amide bonds. The number of aryl methyl sites for hydroxylation is 1. The lowest BCUT2D eigenvalue weighted by Gasteiger charge is -2.09. The fourth-order valence-electron chi connectivity index (χ4n) is 1.38. The van der Waals surface area contributed by atoms with Crippen LogP contribution in [0.15, 0.2) is 0 Å². The first kappa shape index (κ1) is 13.5. The second-order valence-electron chi connectivity index (χ2n) is 3.86. The number of nitrogens with two attached hydrogens (primary N) is 1. The van der Waals surface area contributed by atoms with Crippen LogP contribution in [0.4, 0.5) is 0 Å². The van der Waals surface area contributed by atoms with Crippen LogP contribution in [-0.4, -0.2) is 30.0 Å². The van der Waals surface area contributed by atoms with E-state index in [1.807, 2.05) is 0 Å². The van der Waals surface area contributed by atoms with Crippen molar-refractivity contribution in [2.24, 2.45) is 5.73 Å². The first-order chi connectivity index (χ1) is 7.44. The van der Waals surface area contributed by atoms with Crippen LogP contribution >= 0.6 is 11.5 Å². The van der Waals surface area contributed by atoms with Crippen LogP contribution in [0.2, 0.25) is 0 Å². The molecule has 5 nitrogen and oxygen atoms in total. The average molecular weight is 263 g/mol. The zero-order chi connectivity index (χ0) is 12.2. The monoisotopic (exact) mass is 263 g/mol. The first-order valence-corrected chi connectivity index (χ1v) is 8.02. The highest BCUT2D eigenvalue weighted by Gasteiger charge is 2.16. The summed E-state index contributed by atoms with van der Waals surface area (Å²) < 4.78 is 25.9. The Morgan fingerprint density at radius 2 is 2.19 bits per heavy atom. The summed E-state index contributed by atoms with van der Waals surface area (Å²) in [6.07, 6.45) is 3.48. The molecule has 0 aliphatic rings. The summed E-state index contributed by atoms with van der Waals surface area (Å²) in [5, 5.41) is 4.01. The van der Waals surface area contributed by atoms with Crippen molar-refractivity contribution in [3.05, 3.63) is 10.6 Å². The molecule has 92 valence electrons. The van der Waals surface area contributed by atoms with Gasteiger partial charge < -0.3 is 5.73 Å². The molecule has 0 aliphatic carbocycles. The molecule has 0 bridgehead atoms.